The van der Waals surface area contributed by atoms with E-state index in [-0.39, 0.29) is 0 Å². The molecule has 112 valence electrons. The Balaban J connectivity index is 1.46. The van der Waals surface area contributed by atoms with Crippen molar-refractivity contribution < 1.29 is 4.74 Å². The standard InChI is InChI=1S/C17H18N4O/c18-8-16-9-20-17(10-19-16)21-7-6-15(11-21)13-22-12-14-4-2-1-3-5-14/h1-5,9-10,15H,6-7,11-13H2. The van der Waals surface area contributed by atoms with Gasteiger partial charge in [0.05, 0.1) is 25.6 Å². The molecule has 3 rings (SSSR count). The van der Waals surface area contributed by atoms with Crippen molar-refractivity contribution in [1.29, 1.82) is 5.26 Å². The van der Waals surface area contributed by atoms with E-state index < -0.39 is 0 Å². The third-order valence-electron chi connectivity index (χ3n) is 3.83. The third-order valence-corrected chi connectivity index (χ3v) is 3.83. The average Bonchev–Trinajstić information content (AvgIpc) is 3.05. The summed E-state index contributed by atoms with van der Waals surface area (Å²) in [6, 6.07) is 12.2. The zero-order valence-electron chi connectivity index (χ0n) is 12.4. The van der Waals surface area contributed by atoms with Crippen LogP contribution in [0.1, 0.15) is 17.7 Å². The van der Waals surface area contributed by atoms with Crippen molar-refractivity contribution in [3.05, 3.63) is 54.0 Å². The van der Waals surface area contributed by atoms with Crippen molar-refractivity contribution in [1.82, 2.24) is 9.97 Å². The Morgan fingerprint density at radius 2 is 2.09 bits per heavy atom. The highest BCUT2D eigenvalue weighted by atomic mass is 16.5. The highest BCUT2D eigenvalue weighted by Crippen LogP contribution is 2.22. The fraction of sp³-hybridized carbons (Fsp3) is 0.353. The normalized spacial score (nSPS) is 17.4. The molecule has 1 aromatic heterocycles. The lowest BCUT2D eigenvalue weighted by Gasteiger charge is -2.17. The monoisotopic (exact) mass is 294 g/mol. The Bertz CT molecular complexity index is 636. The minimum absolute atomic E-state index is 0.352. The number of ether oxygens (including phenoxy) is 1. The molecule has 5 nitrogen and oxygen atoms in total. The Kier molecular flexibility index (Phi) is 4.62. The first kappa shape index (κ1) is 14.5. The van der Waals surface area contributed by atoms with Crippen LogP contribution in [0.25, 0.3) is 0 Å². The lowest BCUT2D eigenvalue weighted by molar-refractivity contribution is 0.0929. The summed E-state index contributed by atoms with van der Waals surface area (Å²) in [7, 11) is 0. The van der Waals surface area contributed by atoms with Crippen molar-refractivity contribution in [2.45, 2.75) is 13.0 Å². The molecule has 1 saturated heterocycles. The lowest BCUT2D eigenvalue weighted by atomic mass is 10.1. The van der Waals surface area contributed by atoms with Crippen LogP contribution in [0, 0.1) is 17.2 Å². The summed E-state index contributed by atoms with van der Waals surface area (Å²) in [6.45, 7) is 3.30. The van der Waals surface area contributed by atoms with E-state index in [2.05, 4.69) is 27.0 Å². The van der Waals surface area contributed by atoms with Gasteiger partial charge in [-0.2, -0.15) is 5.26 Å². The van der Waals surface area contributed by atoms with E-state index in [1.165, 1.54) is 11.8 Å². The minimum Gasteiger partial charge on any atom is -0.376 e. The van der Waals surface area contributed by atoms with Gasteiger partial charge >= 0.3 is 0 Å². The van der Waals surface area contributed by atoms with Crippen LogP contribution in [0.4, 0.5) is 5.82 Å². The molecule has 1 aliphatic rings. The summed E-state index contributed by atoms with van der Waals surface area (Å²) in [4.78, 5) is 10.6. The summed E-state index contributed by atoms with van der Waals surface area (Å²) in [6.07, 6.45) is 4.29. The molecule has 0 aliphatic carbocycles. The summed E-state index contributed by atoms with van der Waals surface area (Å²) >= 11 is 0. The van der Waals surface area contributed by atoms with Gasteiger partial charge < -0.3 is 9.64 Å². The lowest BCUT2D eigenvalue weighted by Crippen LogP contribution is -2.22. The van der Waals surface area contributed by atoms with Crippen LogP contribution in [0.2, 0.25) is 0 Å². The molecular weight excluding hydrogens is 276 g/mol. The minimum atomic E-state index is 0.352. The largest absolute Gasteiger partial charge is 0.376 e. The number of aromatic nitrogens is 2. The van der Waals surface area contributed by atoms with E-state index in [9.17, 15) is 0 Å². The van der Waals surface area contributed by atoms with Gasteiger partial charge in [0.15, 0.2) is 5.69 Å². The maximum absolute atomic E-state index is 8.74. The summed E-state index contributed by atoms with van der Waals surface area (Å²) in [5.41, 5.74) is 1.56. The van der Waals surface area contributed by atoms with Gasteiger partial charge in [-0.25, -0.2) is 9.97 Å². The Labute approximate surface area is 130 Å². The first-order valence-corrected chi connectivity index (χ1v) is 7.44. The molecule has 1 fully saturated rings. The van der Waals surface area contributed by atoms with Crippen LogP contribution < -0.4 is 4.90 Å². The van der Waals surface area contributed by atoms with Crippen molar-refractivity contribution in [3.8, 4) is 6.07 Å². The number of nitriles is 1. The van der Waals surface area contributed by atoms with Gasteiger partial charge in [-0.1, -0.05) is 30.3 Å². The number of hydrogen-bond acceptors (Lipinski definition) is 5. The molecule has 1 aliphatic heterocycles. The highest BCUT2D eigenvalue weighted by molar-refractivity contribution is 5.38. The van der Waals surface area contributed by atoms with Crippen LogP contribution in [-0.4, -0.2) is 29.7 Å². The zero-order valence-corrected chi connectivity index (χ0v) is 12.4. The molecule has 1 aromatic carbocycles. The Morgan fingerprint density at radius 3 is 2.82 bits per heavy atom. The van der Waals surface area contributed by atoms with Crippen LogP contribution in [-0.2, 0) is 11.3 Å². The zero-order chi connectivity index (χ0) is 15.2. The fourth-order valence-corrected chi connectivity index (χ4v) is 2.64. The number of rotatable bonds is 5. The Hall–Kier alpha value is -2.45. The molecule has 0 saturated carbocycles. The molecule has 22 heavy (non-hydrogen) atoms. The van der Waals surface area contributed by atoms with Gasteiger partial charge in [-0.15, -0.1) is 0 Å². The molecule has 1 atom stereocenters. The van der Waals surface area contributed by atoms with Crippen LogP contribution in [0.5, 0.6) is 0 Å². The molecule has 1 unspecified atom stereocenters. The number of nitrogens with zero attached hydrogens (tertiary/aromatic N) is 4. The topological polar surface area (TPSA) is 62.0 Å². The van der Waals surface area contributed by atoms with Gasteiger partial charge in [-0.3, -0.25) is 0 Å². The average molecular weight is 294 g/mol. The molecule has 0 spiro atoms. The highest BCUT2D eigenvalue weighted by Gasteiger charge is 2.23. The van der Waals surface area contributed by atoms with Gasteiger partial charge in [0.1, 0.15) is 11.9 Å². The van der Waals surface area contributed by atoms with Gasteiger partial charge in [0, 0.05) is 19.0 Å². The second kappa shape index (κ2) is 7.01. The van der Waals surface area contributed by atoms with Crippen LogP contribution in [0.15, 0.2) is 42.7 Å². The van der Waals surface area contributed by atoms with Crippen LogP contribution >= 0.6 is 0 Å². The van der Waals surface area contributed by atoms with E-state index in [4.69, 9.17) is 10.00 Å². The number of benzene rings is 1. The second-order valence-corrected chi connectivity index (χ2v) is 5.47. The van der Waals surface area contributed by atoms with Gasteiger partial charge in [0.25, 0.3) is 0 Å². The first-order chi connectivity index (χ1) is 10.8. The van der Waals surface area contributed by atoms with E-state index in [1.54, 1.807) is 6.20 Å². The van der Waals surface area contributed by atoms with E-state index in [0.717, 1.165) is 31.9 Å². The fourth-order valence-electron chi connectivity index (χ4n) is 2.64. The Morgan fingerprint density at radius 1 is 1.23 bits per heavy atom. The molecule has 5 heteroatoms. The first-order valence-electron chi connectivity index (χ1n) is 7.44. The summed E-state index contributed by atoms with van der Waals surface area (Å²) < 4.78 is 5.82. The predicted molar refractivity (Wildman–Crippen MR) is 83.2 cm³/mol. The SMILES string of the molecule is N#Cc1cnc(N2CCC(COCc3ccccc3)C2)cn1. The molecule has 0 amide bonds. The summed E-state index contributed by atoms with van der Waals surface area (Å²) in [5.74, 6) is 1.35. The molecule has 0 N–H and O–H groups in total. The molecular formula is C17H18N4O. The van der Waals surface area contributed by atoms with E-state index >= 15 is 0 Å². The predicted octanol–water partition coefficient (Wildman–Crippen LogP) is 2.39. The van der Waals surface area contributed by atoms with Crippen molar-refractivity contribution in [2.24, 2.45) is 5.92 Å². The van der Waals surface area contributed by atoms with Crippen molar-refractivity contribution >= 4 is 5.82 Å². The maximum Gasteiger partial charge on any atom is 0.158 e. The van der Waals surface area contributed by atoms with Crippen molar-refractivity contribution in [3.63, 3.8) is 0 Å². The van der Waals surface area contributed by atoms with Crippen LogP contribution in [0.3, 0.4) is 0 Å². The molecule has 2 aromatic rings. The molecule has 0 bridgehead atoms. The number of anilines is 1. The molecule has 2 heterocycles. The van der Waals surface area contributed by atoms with E-state index in [0.29, 0.717) is 18.2 Å². The maximum atomic E-state index is 8.74. The second-order valence-electron chi connectivity index (χ2n) is 5.47. The van der Waals surface area contributed by atoms with Crippen molar-refractivity contribution in [2.75, 3.05) is 24.6 Å². The van der Waals surface area contributed by atoms with Gasteiger partial charge in [0.2, 0.25) is 0 Å². The molecule has 0 radical (unpaired) electrons. The number of hydrogen-bond donors (Lipinski definition) is 0. The third kappa shape index (κ3) is 3.60. The van der Waals surface area contributed by atoms with Gasteiger partial charge in [-0.05, 0) is 12.0 Å². The summed E-state index contributed by atoms with van der Waals surface area (Å²) in [5, 5.41) is 8.74. The quantitative estimate of drug-likeness (QED) is 0.847. The van der Waals surface area contributed by atoms with E-state index in [1.807, 2.05) is 24.3 Å². The smallest absolute Gasteiger partial charge is 0.158 e.